The first-order valence-electron chi connectivity index (χ1n) is 5.64. The van der Waals surface area contributed by atoms with E-state index in [1.165, 1.54) is 19.3 Å². The van der Waals surface area contributed by atoms with E-state index in [0.717, 1.165) is 17.9 Å². The predicted octanol–water partition coefficient (Wildman–Crippen LogP) is 1.31. The van der Waals surface area contributed by atoms with Gasteiger partial charge in [-0.2, -0.15) is 5.10 Å². The highest BCUT2D eigenvalue weighted by molar-refractivity contribution is 5.47. The van der Waals surface area contributed by atoms with Gasteiger partial charge >= 0.3 is 0 Å². The van der Waals surface area contributed by atoms with E-state index < -0.39 is 0 Å². The summed E-state index contributed by atoms with van der Waals surface area (Å²) in [5.74, 6) is 0.990. The molecule has 1 saturated heterocycles. The molecule has 2 N–H and O–H groups in total. The van der Waals surface area contributed by atoms with E-state index in [0.29, 0.717) is 12.6 Å². The molecule has 0 aromatic carbocycles. The second kappa shape index (κ2) is 4.57. The summed E-state index contributed by atoms with van der Waals surface area (Å²) in [7, 11) is 0. The van der Waals surface area contributed by atoms with Gasteiger partial charge in [0.1, 0.15) is 0 Å². The van der Waals surface area contributed by atoms with Crippen LogP contribution in [0.2, 0.25) is 0 Å². The van der Waals surface area contributed by atoms with Crippen molar-refractivity contribution in [2.45, 2.75) is 38.8 Å². The third kappa shape index (κ3) is 1.95. The minimum atomic E-state index is 0.539. The van der Waals surface area contributed by atoms with Gasteiger partial charge in [-0.3, -0.25) is 0 Å². The lowest BCUT2D eigenvalue weighted by Crippen LogP contribution is -2.30. The Bertz CT molecular complexity index is 326. The van der Waals surface area contributed by atoms with E-state index in [2.05, 4.69) is 22.0 Å². The molecule has 0 saturated carbocycles. The Morgan fingerprint density at radius 1 is 1.60 bits per heavy atom. The molecule has 0 amide bonds. The van der Waals surface area contributed by atoms with Crippen LogP contribution in [0, 0.1) is 0 Å². The molecular formula is C11H18N4. The van der Waals surface area contributed by atoms with Gasteiger partial charge in [-0.1, -0.05) is 6.92 Å². The third-order valence-electron chi connectivity index (χ3n) is 3.12. The van der Waals surface area contributed by atoms with Crippen molar-refractivity contribution in [3.05, 3.63) is 17.8 Å². The molecule has 0 spiro atoms. The average molecular weight is 206 g/mol. The summed E-state index contributed by atoms with van der Waals surface area (Å²) >= 11 is 0. The van der Waals surface area contributed by atoms with E-state index in [1.807, 2.05) is 6.07 Å². The maximum absolute atomic E-state index is 5.71. The van der Waals surface area contributed by atoms with E-state index in [9.17, 15) is 0 Å². The smallest absolute Gasteiger partial charge is 0.156 e. The highest BCUT2D eigenvalue weighted by Gasteiger charge is 2.25. The van der Waals surface area contributed by atoms with Crippen LogP contribution in [-0.2, 0) is 6.54 Å². The van der Waals surface area contributed by atoms with E-state index in [-0.39, 0.29) is 0 Å². The fourth-order valence-electron chi connectivity index (χ4n) is 2.29. The largest absolute Gasteiger partial charge is 0.352 e. The zero-order valence-corrected chi connectivity index (χ0v) is 9.19. The van der Waals surface area contributed by atoms with Crippen LogP contribution >= 0.6 is 0 Å². The van der Waals surface area contributed by atoms with Crippen LogP contribution < -0.4 is 10.6 Å². The topological polar surface area (TPSA) is 55.0 Å². The number of nitrogens with two attached hydrogens (primary N) is 1. The van der Waals surface area contributed by atoms with Gasteiger partial charge in [0, 0.05) is 24.7 Å². The number of hydrogen-bond donors (Lipinski definition) is 1. The number of aromatic nitrogens is 2. The zero-order chi connectivity index (χ0) is 10.7. The molecule has 1 unspecified atom stereocenters. The lowest BCUT2D eigenvalue weighted by molar-refractivity contribution is 0.634. The van der Waals surface area contributed by atoms with Gasteiger partial charge in [0.25, 0.3) is 0 Å². The Balaban J connectivity index is 2.27. The van der Waals surface area contributed by atoms with Gasteiger partial charge in [0.2, 0.25) is 0 Å². The van der Waals surface area contributed by atoms with Crippen molar-refractivity contribution < 1.29 is 0 Å². The molecule has 1 aromatic rings. The Labute approximate surface area is 90.5 Å². The van der Waals surface area contributed by atoms with Gasteiger partial charge < -0.3 is 10.6 Å². The summed E-state index contributed by atoms with van der Waals surface area (Å²) in [4.78, 5) is 2.36. The van der Waals surface area contributed by atoms with Gasteiger partial charge in [0.05, 0.1) is 6.20 Å². The summed E-state index contributed by atoms with van der Waals surface area (Å²) in [6.07, 6.45) is 5.39. The summed E-state index contributed by atoms with van der Waals surface area (Å²) in [6, 6.07) is 2.58. The van der Waals surface area contributed by atoms with Gasteiger partial charge in [-0.05, 0) is 25.3 Å². The van der Waals surface area contributed by atoms with Crippen molar-refractivity contribution in [1.82, 2.24) is 10.2 Å². The standard InChI is InChI=1S/C11H18N4/c1-2-10-4-3-7-15(10)11-9(8-12)5-6-13-14-11/h5-6,10H,2-4,7-8,12H2,1H3. The highest BCUT2D eigenvalue weighted by Crippen LogP contribution is 2.27. The molecule has 1 aliphatic rings. The molecule has 2 rings (SSSR count). The molecule has 1 fully saturated rings. The Morgan fingerprint density at radius 3 is 3.20 bits per heavy atom. The van der Waals surface area contributed by atoms with Gasteiger partial charge in [-0.15, -0.1) is 5.10 Å². The fourth-order valence-corrected chi connectivity index (χ4v) is 2.29. The maximum atomic E-state index is 5.71. The van der Waals surface area contributed by atoms with Crippen LogP contribution in [0.25, 0.3) is 0 Å². The first kappa shape index (κ1) is 10.4. The molecule has 1 aromatic heterocycles. The quantitative estimate of drug-likeness (QED) is 0.810. The van der Waals surface area contributed by atoms with E-state index in [1.54, 1.807) is 6.20 Å². The number of hydrogen-bond acceptors (Lipinski definition) is 4. The molecule has 0 aliphatic carbocycles. The van der Waals surface area contributed by atoms with Gasteiger partial charge in [0.15, 0.2) is 5.82 Å². The molecule has 4 heteroatoms. The molecule has 0 bridgehead atoms. The maximum Gasteiger partial charge on any atom is 0.156 e. The van der Waals surface area contributed by atoms with Gasteiger partial charge in [-0.25, -0.2) is 0 Å². The minimum absolute atomic E-state index is 0.539. The second-order valence-electron chi connectivity index (χ2n) is 3.98. The number of anilines is 1. The molecular weight excluding hydrogens is 188 g/mol. The zero-order valence-electron chi connectivity index (χ0n) is 9.19. The Morgan fingerprint density at radius 2 is 2.47 bits per heavy atom. The van der Waals surface area contributed by atoms with Crippen LogP contribution in [0.5, 0.6) is 0 Å². The van der Waals surface area contributed by atoms with Crippen molar-refractivity contribution >= 4 is 5.82 Å². The Kier molecular flexibility index (Phi) is 3.16. The lowest BCUT2D eigenvalue weighted by atomic mass is 10.1. The summed E-state index contributed by atoms with van der Waals surface area (Å²) in [6.45, 7) is 3.85. The van der Waals surface area contributed by atoms with E-state index >= 15 is 0 Å². The number of nitrogens with zero attached hydrogens (tertiary/aromatic N) is 3. The molecule has 1 atom stereocenters. The Hall–Kier alpha value is -1.16. The molecule has 4 nitrogen and oxygen atoms in total. The highest BCUT2D eigenvalue weighted by atomic mass is 15.3. The van der Waals surface area contributed by atoms with Crippen molar-refractivity contribution in [2.75, 3.05) is 11.4 Å². The average Bonchev–Trinajstić information content (AvgIpc) is 2.76. The van der Waals surface area contributed by atoms with Crippen LogP contribution in [0.1, 0.15) is 31.7 Å². The molecule has 1 aliphatic heterocycles. The van der Waals surface area contributed by atoms with Crippen molar-refractivity contribution in [3.8, 4) is 0 Å². The monoisotopic (exact) mass is 206 g/mol. The van der Waals surface area contributed by atoms with Crippen LogP contribution in [-0.4, -0.2) is 22.8 Å². The molecule has 2 heterocycles. The van der Waals surface area contributed by atoms with Crippen LogP contribution in [0.15, 0.2) is 12.3 Å². The van der Waals surface area contributed by atoms with Crippen molar-refractivity contribution in [3.63, 3.8) is 0 Å². The summed E-state index contributed by atoms with van der Waals surface area (Å²) in [5.41, 5.74) is 6.81. The normalized spacial score (nSPS) is 20.9. The second-order valence-corrected chi connectivity index (χ2v) is 3.98. The molecule has 15 heavy (non-hydrogen) atoms. The molecule has 82 valence electrons. The SMILES string of the molecule is CCC1CCCN1c1nnccc1CN. The first-order valence-corrected chi connectivity index (χ1v) is 5.64. The predicted molar refractivity (Wildman–Crippen MR) is 60.6 cm³/mol. The fraction of sp³-hybridized carbons (Fsp3) is 0.636. The summed E-state index contributed by atoms with van der Waals surface area (Å²) < 4.78 is 0. The van der Waals surface area contributed by atoms with Crippen LogP contribution in [0.4, 0.5) is 5.82 Å². The van der Waals surface area contributed by atoms with Crippen molar-refractivity contribution in [1.29, 1.82) is 0 Å². The summed E-state index contributed by atoms with van der Waals surface area (Å²) in [5, 5.41) is 8.19. The first-order chi connectivity index (χ1) is 7.36. The third-order valence-corrected chi connectivity index (χ3v) is 3.12. The van der Waals surface area contributed by atoms with Crippen molar-refractivity contribution in [2.24, 2.45) is 5.73 Å². The lowest BCUT2D eigenvalue weighted by Gasteiger charge is -2.25. The minimum Gasteiger partial charge on any atom is -0.352 e. The van der Waals surface area contributed by atoms with Crippen LogP contribution in [0.3, 0.4) is 0 Å². The van der Waals surface area contributed by atoms with E-state index in [4.69, 9.17) is 5.73 Å². The molecule has 0 radical (unpaired) electrons. The number of rotatable bonds is 3.